The highest BCUT2D eigenvalue weighted by Gasteiger charge is 2.13. The van der Waals surface area contributed by atoms with E-state index in [9.17, 15) is 0 Å². The first-order chi connectivity index (χ1) is 10.6. The number of aryl methyl sites for hydroxylation is 1. The number of rotatable bonds is 3. The van der Waals surface area contributed by atoms with Crippen LogP contribution >= 0.6 is 23.8 Å². The van der Waals surface area contributed by atoms with Crippen LogP contribution in [0.5, 0.6) is 11.5 Å². The van der Waals surface area contributed by atoms with Crippen LogP contribution in [0.4, 0.5) is 5.69 Å². The number of anilines is 1. The van der Waals surface area contributed by atoms with E-state index in [1.807, 2.05) is 43.3 Å². The average molecular weight is 335 g/mol. The molecule has 4 nitrogen and oxygen atoms in total. The normalized spacial score (nSPS) is 12.1. The van der Waals surface area contributed by atoms with E-state index in [1.54, 1.807) is 0 Å². The summed E-state index contributed by atoms with van der Waals surface area (Å²) in [5, 5.41) is 7.57. The van der Waals surface area contributed by atoms with Crippen molar-refractivity contribution in [3.63, 3.8) is 0 Å². The molecule has 114 valence electrons. The second kappa shape index (κ2) is 6.42. The van der Waals surface area contributed by atoms with Crippen molar-refractivity contribution in [2.24, 2.45) is 0 Å². The van der Waals surface area contributed by atoms with Gasteiger partial charge in [0, 0.05) is 23.3 Å². The fourth-order valence-electron chi connectivity index (χ4n) is 2.08. The summed E-state index contributed by atoms with van der Waals surface area (Å²) in [5.41, 5.74) is 2.99. The van der Waals surface area contributed by atoms with Crippen LogP contribution in [0.1, 0.15) is 11.1 Å². The van der Waals surface area contributed by atoms with Crippen LogP contribution in [0.2, 0.25) is 5.02 Å². The molecule has 2 N–H and O–H groups in total. The minimum absolute atomic E-state index is 0.260. The first-order valence-corrected chi connectivity index (χ1v) is 7.60. The van der Waals surface area contributed by atoms with Gasteiger partial charge in [0.15, 0.2) is 16.6 Å². The summed E-state index contributed by atoms with van der Waals surface area (Å²) in [6, 6.07) is 11.6. The van der Waals surface area contributed by atoms with Gasteiger partial charge in [-0.2, -0.15) is 0 Å². The van der Waals surface area contributed by atoms with E-state index >= 15 is 0 Å². The summed E-state index contributed by atoms with van der Waals surface area (Å²) >= 11 is 11.4. The molecule has 0 atom stereocenters. The highest BCUT2D eigenvalue weighted by Crippen LogP contribution is 2.34. The van der Waals surface area contributed by atoms with E-state index in [0.717, 1.165) is 33.3 Å². The molecule has 0 saturated carbocycles. The molecule has 0 unspecified atom stereocenters. The van der Waals surface area contributed by atoms with Gasteiger partial charge in [-0.05, 0) is 48.5 Å². The first kappa shape index (κ1) is 14.9. The van der Waals surface area contributed by atoms with E-state index in [-0.39, 0.29) is 6.79 Å². The van der Waals surface area contributed by atoms with Crippen LogP contribution in [0, 0.1) is 6.92 Å². The van der Waals surface area contributed by atoms with E-state index in [4.69, 9.17) is 33.3 Å². The fraction of sp³-hybridized carbons (Fsp3) is 0.188. The summed E-state index contributed by atoms with van der Waals surface area (Å²) in [4.78, 5) is 0. The molecule has 2 aromatic rings. The van der Waals surface area contributed by atoms with E-state index in [1.165, 1.54) is 0 Å². The summed E-state index contributed by atoms with van der Waals surface area (Å²) in [6.07, 6.45) is 0. The number of thiocarbonyl (C=S) groups is 1. The lowest BCUT2D eigenvalue weighted by molar-refractivity contribution is 0.174. The molecule has 3 rings (SSSR count). The lowest BCUT2D eigenvalue weighted by atomic mass is 10.1. The molecule has 0 aromatic heterocycles. The van der Waals surface area contributed by atoms with Gasteiger partial charge in [-0.15, -0.1) is 0 Å². The third-order valence-corrected chi connectivity index (χ3v) is 3.97. The Labute approximate surface area is 139 Å². The summed E-state index contributed by atoms with van der Waals surface area (Å²) in [6.45, 7) is 2.84. The Morgan fingerprint density at radius 1 is 1.18 bits per heavy atom. The van der Waals surface area contributed by atoms with Crippen LogP contribution in [0.25, 0.3) is 0 Å². The predicted molar refractivity (Wildman–Crippen MR) is 91.8 cm³/mol. The van der Waals surface area contributed by atoms with Crippen molar-refractivity contribution in [2.75, 3.05) is 12.1 Å². The molecule has 6 heteroatoms. The van der Waals surface area contributed by atoms with E-state index in [2.05, 4.69) is 10.6 Å². The zero-order chi connectivity index (χ0) is 15.5. The minimum Gasteiger partial charge on any atom is -0.454 e. The molecule has 0 saturated heterocycles. The molecule has 2 aromatic carbocycles. The van der Waals surface area contributed by atoms with Crippen molar-refractivity contribution >= 4 is 34.6 Å². The molecule has 22 heavy (non-hydrogen) atoms. The maximum Gasteiger partial charge on any atom is 0.231 e. The maximum atomic E-state index is 6.11. The van der Waals surface area contributed by atoms with Gasteiger partial charge in [0.1, 0.15) is 0 Å². The van der Waals surface area contributed by atoms with Crippen molar-refractivity contribution in [1.29, 1.82) is 0 Å². The van der Waals surface area contributed by atoms with Gasteiger partial charge in [0.25, 0.3) is 0 Å². The Bertz CT molecular complexity index is 721. The van der Waals surface area contributed by atoms with Crippen LogP contribution < -0.4 is 20.1 Å². The summed E-state index contributed by atoms with van der Waals surface area (Å²) in [7, 11) is 0. The molecule has 0 fully saturated rings. The van der Waals surface area contributed by atoms with Gasteiger partial charge >= 0.3 is 0 Å². The third-order valence-electron chi connectivity index (χ3n) is 3.32. The van der Waals surface area contributed by atoms with Crippen molar-refractivity contribution in [3.8, 4) is 11.5 Å². The van der Waals surface area contributed by atoms with Gasteiger partial charge in [0.05, 0.1) is 0 Å². The van der Waals surface area contributed by atoms with E-state index < -0.39 is 0 Å². The second-order valence-corrected chi connectivity index (χ2v) is 5.77. The van der Waals surface area contributed by atoms with Gasteiger partial charge in [-0.3, -0.25) is 0 Å². The Kier molecular flexibility index (Phi) is 4.36. The molecule has 1 aliphatic rings. The summed E-state index contributed by atoms with van der Waals surface area (Å²) in [5.74, 6) is 1.47. The van der Waals surface area contributed by atoms with Crippen LogP contribution in [-0.2, 0) is 6.54 Å². The minimum atomic E-state index is 0.260. The number of nitrogens with one attached hydrogen (secondary N) is 2. The predicted octanol–water partition coefficient (Wildman–Crippen LogP) is 3.86. The summed E-state index contributed by atoms with van der Waals surface area (Å²) < 4.78 is 10.6. The molecule has 1 aliphatic heterocycles. The molecular weight excluding hydrogens is 320 g/mol. The van der Waals surface area contributed by atoms with Crippen LogP contribution in [-0.4, -0.2) is 11.9 Å². The molecule has 0 aliphatic carbocycles. The number of ether oxygens (including phenoxy) is 2. The lowest BCUT2D eigenvalue weighted by Crippen LogP contribution is -2.27. The zero-order valence-corrected chi connectivity index (χ0v) is 13.6. The standard InChI is InChI=1S/C16H15ClN2O2S/c1-10-2-3-11(6-13(10)17)8-18-16(22)19-12-4-5-14-15(7-12)21-9-20-14/h2-7H,8-9H2,1H3,(H2,18,19,22). The maximum absolute atomic E-state index is 6.11. The van der Waals surface area contributed by atoms with Crippen molar-refractivity contribution in [3.05, 3.63) is 52.5 Å². The topological polar surface area (TPSA) is 42.5 Å². The number of halogens is 1. The average Bonchev–Trinajstić information content (AvgIpc) is 2.96. The highest BCUT2D eigenvalue weighted by atomic mass is 35.5. The van der Waals surface area contributed by atoms with Crippen LogP contribution in [0.15, 0.2) is 36.4 Å². The first-order valence-electron chi connectivity index (χ1n) is 6.81. The molecule has 0 amide bonds. The fourth-order valence-corrected chi connectivity index (χ4v) is 2.47. The number of hydrogen-bond donors (Lipinski definition) is 2. The van der Waals surface area contributed by atoms with Gasteiger partial charge in [-0.25, -0.2) is 0 Å². The van der Waals surface area contributed by atoms with Gasteiger partial charge in [-0.1, -0.05) is 23.7 Å². The Morgan fingerprint density at radius 3 is 2.82 bits per heavy atom. The SMILES string of the molecule is Cc1ccc(CNC(=S)Nc2ccc3c(c2)OCO3)cc1Cl. The van der Waals surface area contributed by atoms with Crippen LogP contribution in [0.3, 0.4) is 0 Å². The molecule has 0 spiro atoms. The monoisotopic (exact) mass is 334 g/mol. The smallest absolute Gasteiger partial charge is 0.231 e. The van der Waals surface area contributed by atoms with Crippen molar-refractivity contribution in [2.45, 2.75) is 13.5 Å². The van der Waals surface area contributed by atoms with Gasteiger partial charge < -0.3 is 20.1 Å². The largest absolute Gasteiger partial charge is 0.454 e. The van der Waals surface area contributed by atoms with Gasteiger partial charge in [0.2, 0.25) is 6.79 Å². The Balaban J connectivity index is 1.57. The second-order valence-electron chi connectivity index (χ2n) is 4.96. The molecular formula is C16H15ClN2O2S. The van der Waals surface area contributed by atoms with Crippen molar-refractivity contribution in [1.82, 2.24) is 5.32 Å². The number of fused-ring (bicyclic) bond motifs is 1. The highest BCUT2D eigenvalue weighted by molar-refractivity contribution is 7.80. The van der Waals surface area contributed by atoms with E-state index in [0.29, 0.717) is 11.7 Å². The lowest BCUT2D eigenvalue weighted by Gasteiger charge is -2.11. The number of hydrogen-bond acceptors (Lipinski definition) is 3. The molecule has 0 bridgehead atoms. The van der Waals surface area contributed by atoms with Crippen molar-refractivity contribution < 1.29 is 9.47 Å². The quantitative estimate of drug-likeness (QED) is 0.834. The Hall–Kier alpha value is -1.98. The molecule has 1 heterocycles. The number of benzene rings is 2. The third kappa shape index (κ3) is 3.43. The zero-order valence-electron chi connectivity index (χ0n) is 12.0. The Morgan fingerprint density at radius 2 is 2.00 bits per heavy atom. The molecule has 0 radical (unpaired) electrons.